The average Bonchev–Trinajstić information content (AvgIpc) is 2.98. The van der Waals surface area contributed by atoms with Gasteiger partial charge in [-0.2, -0.15) is 0 Å². The van der Waals surface area contributed by atoms with E-state index < -0.39 is 40.2 Å². The van der Waals surface area contributed by atoms with Gasteiger partial charge in [0.2, 0.25) is 11.8 Å². The van der Waals surface area contributed by atoms with Crippen LogP contribution in [0.5, 0.6) is 0 Å². The van der Waals surface area contributed by atoms with Crippen molar-refractivity contribution in [2.24, 2.45) is 0 Å². The quantitative estimate of drug-likeness (QED) is 0.306. The summed E-state index contributed by atoms with van der Waals surface area (Å²) >= 11 is 0. The zero-order chi connectivity index (χ0) is 30.3. The van der Waals surface area contributed by atoms with Crippen LogP contribution in [0.4, 0.5) is 14.5 Å². The first-order chi connectivity index (χ1) is 20.1. The maximum atomic E-state index is 14.1. The number of rotatable bonds is 11. The van der Waals surface area contributed by atoms with Crippen molar-refractivity contribution in [3.8, 4) is 0 Å². The molecule has 1 fully saturated rings. The molecule has 0 radical (unpaired) electrons. The minimum Gasteiger partial charge on any atom is -0.352 e. The standard InChI is InChI=1S/C32H37F2N3O4S/c1-3-30(32(39)35-27-7-5-4-6-8-27)36(21-24-11-13-25(33)14-12-24)31(38)22-37(28-17-9-23(2)10-18-28)42(40,41)29-19-15-26(34)16-20-29/h9-20,27,30H,3-8,21-22H2,1-2H3,(H,35,39). The Morgan fingerprint density at radius 3 is 2.02 bits per heavy atom. The maximum absolute atomic E-state index is 14.1. The SMILES string of the molecule is CCC(C(=O)NC1CCCCC1)N(Cc1ccc(F)cc1)C(=O)CN(c1ccc(C)cc1)S(=O)(=O)c1ccc(F)cc1. The second-order valence-corrected chi connectivity index (χ2v) is 12.6. The van der Waals surface area contributed by atoms with Crippen LogP contribution in [0.1, 0.15) is 56.6 Å². The summed E-state index contributed by atoms with van der Waals surface area (Å²) in [5, 5.41) is 3.09. The van der Waals surface area contributed by atoms with Gasteiger partial charge in [0.25, 0.3) is 10.0 Å². The molecule has 0 aliphatic heterocycles. The Morgan fingerprint density at radius 1 is 0.881 bits per heavy atom. The molecule has 224 valence electrons. The van der Waals surface area contributed by atoms with Crippen molar-refractivity contribution in [2.45, 2.75) is 75.9 Å². The lowest BCUT2D eigenvalue weighted by Crippen LogP contribution is -2.54. The Balaban J connectivity index is 1.69. The summed E-state index contributed by atoms with van der Waals surface area (Å²) < 4.78 is 55.9. The second kappa shape index (κ2) is 13.9. The zero-order valence-electron chi connectivity index (χ0n) is 23.9. The number of nitrogens with zero attached hydrogens (tertiary/aromatic N) is 2. The smallest absolute Gasteiger partial charge is 0.264 e. The van der Waals surface area contributed by atoms with E-state index in [0.29, 0.717) is 12.0 Å². The van der Waals surface area contributed by atoms with Gasteiger partial charge in [-0.25, -0.2) is 17.2 Å². The number of benzene rings is 3. The van der Waals surface area contributed by atoms with E-state index in [2.05, 4.69) is 5.32 Å². The fourth-order valence-electron chi connectivity index (χ4n) is 5.22. The first-order valence-electron chi connectivity index (χ1n) is 14.3. The third-order valence-electron chi connectivity index (χ3n) is 7.61. The topological polar surface area (TPSA) is 86.8 Å². The largest absolute Gasteiger partial charge is 0.352 e. The van der Waals surface area contributed by atoms with E-state index in [1.165, 1.54) is 29.2 Å². The molecule has 1 aliphatic carbocycles. The number of halogens is 2. The molecule has 2 amide bonds. The highest BCUT2D eigenvalue weighted by atomic mass is 32.2. The molecule has 10 heteroatoms. The van der Waals surface area contributed by atoms with E-state index in [1.54, 1.807) is 31.2 Å². The normalized spacial score (nSPS) is 14.7. The number of sulfonamides is 1. The van der Waals surface area contributed by atoms with Crippen molar-refractivity contribution < 1.29 is 26.8 Å². The van der Waals surface area contributed by atoms with Gasteiger partial charge in [0, 0.05) is 12.6 Å². The summed E-state index contributed by atoms with van der Waals surface area (Å²) in [7, 11) is -4.30. The van der Waals surface area contributed by atoms with Crippen LogP contribution >= 0.6 is 0 Å². The first kappa shape index (κ1) is 31.2. The molecule has 1 saturated carbocycles. The van der Waals surface area contributed by atoms with Crippen LogP contribution < -0.4 is 9.62 Å². The van der Waals surface area contributed by atoms with E-state index in [1.807, 2.05) is 6.92 Å². The van der Waals surface area contributed by atoms with Crippen molar-refractivity contribution in [2.75, 3.05) is 10.8 Å². The predicted octanol–water partition coefficient (Wildman–Crippen LogP) is 5.72. The minimum absolute atomic E-state index is 0.0194. The molecular formula is C32H37F2N3O4S. The van der Waals surface area contributed by atoms with Gasteiger partial charge in [0.05, 0.1) is 10.6 Å². The maximum Gasteiger partial charge on any atom is 0.264 e. The molecule has 1 atom stereocenters. The number of anilines is 1. The second-order valence-electron chi connectivity index (χ2n) is 10.7. The van der Waals surface area contributed by atoms with Crippen LogP contribution in [-0.2, 0) is 26.2 Å². The van der Waals surface area contributed by atoms with Crippen LogP contribution in [0.3, 0.4) is 0 Å². The summed E-state index contributed by atoms with van der Waals surface area (Å²) in [6.45, 7) is 3.03. The number of amides is 2. The Hall–Kier alpha value is -3.79. The van der Waals surface area contributed by atoms with E-state index in [-0.39, 0.29) is 29.1 Å². The minimum atomic E-state index is -4.30. The fraction of sp³-hybridized carbons (Fsp3) is 0.375. The van der Waals surface area contributed by atoms with Gasteiger partial charge in [-0.3, -0.25) is 13.9 Å². The highest BCUT2D eigenvalue weighted by molar-refractivity contribution is 7.92. The third-order valence-corrected chi connectivity index (χ3v) is 9.39. The third kappa shape index (κ3) is 7.73. The summed E-state index contributed by atoms with van der Waals surface area (Å²) in [4.78, 5) is 28.8. The van der Waals surface area contributed by atoms with Crippen molar-refractivity contribution in [3.05, 3.63) is 95.6 Å². The number of carbonyl (C=O) groups excluding carboxylic acids is 2. The highest BCUT2D eigenvalue weighted by Gasteiger charge is 2.34. The number of hydrogen-bond donors (Lipinski definition) is 1. The molecule has 1 aliphatic rings. The Kier molecular flexibility index (Phi) is 10.3. The van der Waals surface area contributed by atoms with E-state index in [4.69, 9.17) is 0 Å². The molecule has 1 N–H and O–H groups in total. The summed E-state index contributed by atoms with van der Waals surface area (Å²) in [6, 6.07) is 15.8. The number of hydrogen-bond acceptors (Lipinski definition) is 4. The van der Waals surface area contributed by atoms with Crippen LogP contribution in [0.25, 0.3) is 0 Å². The van der Waals surface area contributed by atoms with Gasteiger partial charge >= 0.3 is 0 Å². The predicted molar refractivity (Wildman–Crippen MR) is 158 cm³/mol. The Bertz CT molecular complexity index is 1460. The molecule has 7 nitrogen and oxygen atoms in total. The van der Waals surface area contributed by atoms with Crippen molar-refractivity contribution in [1.82, 2.24) is 10.2 Å². The molecule has 3 aromatic rings. The molecule has 0 spiro atoms. The summed E-state index contributed by atoms with van der Waals surface area (Å²) in [5.41, 5.74) is 1.74. The van der Waals surface area contributed by atoms with Gasteiger partial charge in [0.15, 0.2) is 0 Å². The average molecular weight is 598 g/mol. The van der Waals surface area contributed by atoms with Gasteiger partial charge in [-0.1, -0.05) is 56.0 Å². The summed E-state index contributed by atoms with van der Waals surface area (Å²) in [6.07, 6.45) is 5.19. The van der Waals surface area contributed by atoms with Gasteiger partial charge < -0.3 is 10.2 Å². The molecule has 3 aromatic carbocycles. The van der Waals surface area contributed by atoms with E-state index in [0.717, 1.165) is 66.2 Å². The first-order valence-corrected chi connectivity index (χ1v) is 15.7. The van der Waals surface area contributed by atoms with Crippen LogP contribution in [0.2, 0.25) is 0 Å². The van der Waals surface area contributed by atoms with E-state index >= 15 is 0 Å². The van der Waals surface area contributed by atoms with Crippen LogP contribution in [-0.4, -0.2) is 43.8 Å². The fourth-order valence-corrected chi connectivity index (χ4v) is 6.64. The molecule has 0 aromatic heterocycles. The number of nitrogens with one attached hydrogen (secondary N) is 1. The molecule has 0 bridgehead atoms. The lowest BCUT2D eigenvalue weighted by molar-refractivity contribution is -0.140. The zero-order valence-corrected chi connectivity index (χ0v) is 24.7. The van der Waals surface area contributed by atoms with Crippen molar-refractivity contribution >= 4 is 27.5 Å². The Labute approximate surface area is 246 Å². The molecule has 4 rings (SSSR count). The van der Waals surface area contributed by atoms with E-state index in [9.17, 15) is 26.8 Å². The van der Waals surface area contributed by atoms with Crippen LogP contribution in [0.15, 0.2) is 77.7 Å². The van der Waals surface area contributed by atoms with Gasteiger partial charge in [-0.05, 0) is 80.3 Å². The van der Waals surface area contributed by atoms with Crippen molar-refractivity contribution in [1.29, 1.82) is 0 Å². The molecule has 0 heterocycles. The van der Waals surface area contributed by atoms with Gasteiger partial charge in [-0.15, -0.1) is 0 Å². The molecule has 42 heavy (non-hydrogen) atoms. The van der Waals surface area contributed by atoms with Crippen LogP contribution in [0, 0.1) is 18.6 Å². The lowest BCUT2D eigenvalue weighted by Gasteiger charge is -2.34. The van der Waals surface area contributed by atoms with Gasteiger partial charge in [0.1, 0.15) is 24.2 Å². The monoisotopic (exact) mass is 597 g/mol. The number of carbonyl (C=O) groups is 2. The Morgan fingerprint density at radius 2 is 1.45 bits per heavy atom. The molecule has 1 unspecified atom stereocenters. The lowest BCUT2D eigenvalue weighted by atomic mass is 9.95. The summed E-state index contributed by atoms with van der Waals surface area (Å²) in [5.74, 6) is -1.93. The van der Waals surface area contributed by atoms with Crippen molar-refractivity contribution in [3.63, 3.8) is 0 Å². The molecule has 0 saturated heterocycles. The molecular weight excluding hydrogens is 560 g/mol. The highest BCUT2D eigenvalue weighted by Crippen LogP contribution is 2.26. The number of aryl methyl sites for hydroxylation is 1.